The highest BCUT2D eigenvalue weighted by Gasteiger charge is 2.45. The molecule has 1 fully saturated rings. The van der Waals surface area contributed by atoms with Crippen LogP contribution in [-0.4, -0.2) is 53.0 Å². The molecule has 30 heavy (non-hydrogen) atoms. The van der Waals surface area contributed by atoms with Gasteiger partial charge in [0, 0.05) is 12.1 Å². The molecule has 2 heterocycles. The first-order chi connectivity index (χ1) is 13.5. The summed E-state index contributed by atoms with van der Waals surface area (Å²) in [7, 11) is -16.6. The summed E-state index contributed by atoms with van der Waals surface area (Å²) in [6, 6.07) is 0. The predicted octanol–water partition coefficient (Wildman–Crippen LogP) is 0.572. The molecule has 1 aromatic rings. The first-order valence-electron chi connectivity index (χ1n) is 7.67. The number of hydrogen-bond donors (Lipinski definition) is 6. The number of phosphoric acid groups is 3. The van der Waals surface area contributed by atoms with Gasteiger partial charge in [-0.05, 0) is 12.2 Å². The molecule has 0 aromatic carbocycles. The minimum Gasteiger partial charge on any atom is -0.390 e. The van der Waals surface area contributed by atoms with Crippen molar-refractivity contribution in [1.82, 2.24) is 9.55 Å². The van der Waals surface area contributed by atoms with Gasteiger partial charge in [-0.1, -0.05) is 6.92 Å². The molecule has 0 amide bonds. The van der Waals surface area contributed by atoms with Crippen molar-refractivity contribution in [2.45, 2.75) is 25.4 Å². The molecule has 20 heteroatoms. The molecular formula is C10H17FN3O12P3S. The summed E-state index contributed by atoms with van der Waals surface area (Å²) >= 11 is 4.96. The number of anilines is 1. The quantitative estimate of drug-likeness (QED) is 0.205. The van der Waals surface area contributed by atoms with Gasteiger partial charge in [0.2, 0.25) is 4.77 Å². The molecule has 1 aliphatic rings. The topological polar surface area (TPSA) is 233 Å². The summed E-state index contributed by atoms with van der Waals surface area (Å²) < 4.78 is 65.3. The highest BCUT2D eigenvalue weighted by atomic mass is 32.1. The zero-order valence-corrected chi connectivity index (χ0v) is 18.3. The van der Waals surface area contributed by atoms with Gasteiger partial charge < -0.3 is 35.2 Å². The molecule has 0 saturated carbocycles. The van der Waals surface area contributed by atoms with E-state index in [9.17, 15) is 28.1 Å². The van der Waals surface area contributed by atoms with Crippen LogP contribution in [0.2, 0.25) is 0 Å². The third kappa shape index (κ3) is 6.68. The van der Waals surface area contributed by atoms with Crippen LogP contribution in [-0.2, 0) is 31.6 Å². The number of rotatable bonds is 8. The summed E-state index contributed by atoms with van der Waals surface area (Å²) in [4.78, 5) is 39.1. The third-order valence-electron chi connectivity index (χ3n) is 3.71. The van der Waals surface area contributed by atoms with Crippen LogP contribution >= 0.6 is 35.7 Å². The summed E-state index contributed by atoms with van der Waals surface area (Å²) in [6.07, 6.45) is -2.85. The van der Waals surface area contributed by atoms with Gasteiger partial charge >= 0.3 is 23.5 Å². The minimum atomic E-state index is -5.69. The van der Waals surface area contributed by atoms with E-state index in [1.54, 1.807) is 0 Å². The van der Waals surface area contributed by atoms with Gasteiger partial charge in [-0.3, -0.25) is 9.09 Å². The number of aromatic nitrogens is 2. The first-order valence-corrected chi connectivity index (χ1v) is 12.6. The van der Waals surface area contributed by atoms with Crippen LogP contribution in [0.15, 0.2) is 6.20 Å². The Bertz CT molecular complexity index is 1000. The van der Waals surface area contributed by atoms with Gasteiger partial charge in [0.1, 0.15) is 12.3 Å². The predicted molar refractivity (Wildman–Crippen MR) is 96.3 cm³/mol. The smallest absolute Gasteiger partial charge is 0.390 e. The fourth-order valence-electron chi connectivity index (χ4n) is 2.46. The van der Waals surface area contributed by atoms with Gasteiger partial charge in [0.05, 0.1) is 12.7 Å². The Morgan fingerprint density at radius 2 is 1.87 bits per heavy atom. The molecular weight excluding hydrogens is 498 g/mol. The minimum absolute atomic E-state index is 0.175. The number of hydrogen-bond acceptors (Lipinski definition) is 11. The lowest BCUT2D eigenvalue weighted by Crippen LogP contribution is -2.29. The molecule has 0 spiro atoms. The highest BCUT2D eigenvalue weighted by molar-refractivity contribution is 7.71. The van der Waals surface area contributed by atoms with Crippen LogP contribution in [0, 0.1) is 16.5 Å². The number of aliphatic hydroxyl groups excluding tert-OH is 1. The van der Waals surface area contributed by atoms with Gasteiger partial charge in [-0.25, -0.2) is 18.1 Å². The Kier molecular flexibility index (Phi) is 7.75. The second-order valence-corrected chi connectivity index (χ2v) is 10.8. The molecule has 2 rings (SSSR count). The Hall–Kier alpha value is -0.640. The number of aliphatic hydroxyl groups is 1. The first kappa shape index (κ1) is 25.6. The summed E-state index contributed by atoms with van der Waals surface area (Å²) in [5.41, 5.74) is 5.31. The van der Waals surface area contributed by atoms with Crippen LogP contribution in [0.4, 0.5) is 10.2 Å². The van der Waals surface area contributed by atoms with E-state index in [2.05, 4.69) is 18.1 Å². The highest BCUT2D eigenvalue weighted by Crippen LogP contribution is 2.66. The van der Waals surface area contributed by atoms with E-state index in [4.69, 9.17) is 37.4 Å². The molecule has 15 nitrogen and oxygen atoms in total. The number of nitrogens with two attached hydrogens (primary N) is 1. The van der Waals surface area contributed by atoms with Gasteiger partial charge in [0.25, 0.3) is 0 Å². The van der Waals surface area contributed by atoms with Crippen molar-refractivity contribution in [3.63, 3.8) is 0 Å². The molecule has 0 aliphatic carbocycles. The van der Waals surface area contributed by atoms with Crippen molar-refractivity contribution in [2.75, 3.05) is 12.3 Å². The van der Waals surface area contributed by atoms with Crippen LogP contribution in [0.5, 0.6) is 0 Å². The summed E-state index contributed by atoms with van der Waals surface area (Å²) in [6.45, 7) is 0.597. The molecule has 4 unspecified atom stereocenters. The number of nitrogen functional groups attached to an aromatic ring is 1. The maximum atomic E-state index is 13.7. The Morgan fingerprint density at radius 1 is 1.27 bits per heavy atom. The monoisotopic (exact) mass is 515 g/mol. The van der Waals surface area contributed by atoms with Gasteiger partial charge in [-0.2, -0.15) is 13.6 Å². The van der Waals surface area contributed by atoms with Crippen LogP contribution in [0.3, 0.4) is 0 Å². The average molecular weight is 515 g/mol. The van der Waals surface area contributed by atoms with E-state index in [-0.39, 0.29) is 4.77 Å². The molecule has 7 N–H and O–H groups in total. The normalized spacial score (nSPS) is 28.8. The number of nitrogens with zero attached hydrogens (tertiary/aromatic N) is 2. The molecule has 1 aromatic heterocycles. The molecule has 1 saturated heterocycles. The molecule has 6 atom stereocenters. The zero-order valence-electron chi connectivity index (χ0n) is 14.8. The number of ether oxygens (including phenoxy) is 1. The van der Waals surface area contributed by atoms with Crippen molar-refractivity contribution in [3.05, 3.63) is 16.8 Å². The van der Waals surface area contributed by atoms with Crippen molar-refractivity contribution in [2.24, 2.45) is 5.92 Å². The van der Waals surface area contributed by atoms with E-state index in [1.807, 2.05) is 0 Å². The van der Waals surface area contributed by atoms with E-state index in [1.165, 1.54) is 6.92 Å². The maximum absolute atomic E-state index is 13.7. The van der Waals surface area contributed by atoms with E-state index in [0.29, 0.717) is 0 Å². The molecule has 1 aliphatic heterocycles. The van der Waals surface area contributed by atoms with Gasteiger partial charge in [0.15, 0.2) is 11.6 Å². The summed E-state index contributed by atoms with van der Waals surface area (Å²) in [5.74, 6) is -2.12. The Morgan fingerprint density at radius 3 is 2.43 bits per heavy atom. The summed E-state index contributed by atoms with van der Waals surface area (Å²) in [5, 5.41) is 10.3. The van der Waals surface area contributed by atoms with Crippen molar-refractivity contribution >= 4 is 41.5 Å². The van der Waals surface area contributed by atoms with Crippen molar-refractivity contribution in [3.8, 4) is 0 Å². The average Bonchev–Trinajstić information content (AvgIpc) is 2.81. The Balaban J connectivity index is 2.09. The zero-order chi connectivity index (χ0) is 23.1. The van der Waals surface area contributed by atoms with Crippen molar-refractivity contribution in [1.29, 1.82) is 0 Å². The molecule has 172 valence electrons. The van der Waals surface area contributed by atoms with Crippen LogP contribution in [0.25, 0.3) is 0 Å². The molecule has 0 bridgehead atoms. The fraction of sp³-hybridized carbons (Fsp3) is 0.600. The Labute approximate surface area is 172 Å². The standard InChI is InChI=1S/C10H17FN3O12P3S/c1-4-7(15)6(24-9(4)14-2-5(11)8(12)13-10(14)30)3-23-28(19,20)26-29(21,22)25-27(16,17)18/h2,4,6-7,9,15H,3H2,1H3,(H,19,20)(H,21,22)(H2,12,13,30)(H2,16,17,18)/t4?,6-,7?,9-/m1/s1. The SMILES string of the molecule is CC1C(O)[C@@H](COP(=O)(O)OP(=O)(O)OP(=O)(O)O)O[C@H]1n1cc(F)c(N)nc1=S. The van der Waals surface area contributed by atoms with Crippen LogP contribution in [0.1, 0.15) is 13.2 Å². The maximum Gasteiger partial charge on any atom is 0.490 e. The lowest BCUT2D eigenvalue weighted by atomic mass is 10.0. The number of halogens is 1. The van der Waals surface area contributed by atoms with E-state index >= 15 is 0 Å². The second kappa shape index (κ2) is 9.08. The largest absolute Gasteiger partial charge is 0.490 e. The lowest BCUT2D eigenvalue weighted by molar-refractivity contribution is -0.0463. The van der Waals surface area contributed by atoms with E-state index < -0.39 is 66.1 Å². The van der Waals surface area contributed by atoms with Crippen molar-refractivity contribution < 1.29 is 60.6 Å². The number of phosphoric ester groups is 1. The third-order valence-corrected chi connectivity index (χ3v) is 7.81. The van der Waals surface area contributed by atoms with Gasteiger partial charge in [-0.15, -0.1) is 0 Å². The lowest BCUT2D eigenvalue weighted by Gasteiger charge is -2.20. The second-order valence-electron chi connectivity index (χ2n) is 5.97. The van der Waals surface area contributed by atoms with E-state index in [0.717, 1.165) is 10.8 Å². The fourth-order valence-corrected chi connectivity index (χ4v) is 5.74. The van der Waals surface area contributed by atoms with Crippen LogP contribution < -0.4 is 5.73 Å². The molecule has 0 radical (unpaired) electrons.